The monoisotopic (exact) mass is 492 g/mol. The van der Waals surface area contributed by atoms with E-state index in [4.69, 9.17) is 18.9 Å². The first-order chi connectivity index (χ1) is 14.7. The van der Waals surface area contributed by atoms with Crippen molar-refractivity contribution in [1.82, 2.24) is 10.6 Å². The molecule has 0 aromatic heterocycles. The predicted molar refractivity (Wildman–Crippen MR) is 119 cm³/mol. The van der Waals surface area contributed by atoms with Gasteiger partial charge in [-0.05, 0) is 44.6 Å². The second kappa shape index (κ2) is 19.8. The second-order valence-electron chi connectivity index (χ2n) is 6.96. The molecule has 1 atom stereocenters. The summed E-state index contributed by atoms with van der Waals surface area (Å²) in [5.74, 6) is -0.0170. The fourth-order valence-electron chi connectivity index (χ4n) is 2.76. The first-order valence-corrected chi connectivity index (χ1v) is 12.0. The van der Waals surface area contributed by atoms with E-state index in [9.17, 15) is 9.59 Å². The number of ether oxygens (including phenoxy) is 4. The normalized spacial score (nSPS) is 17.6. The van der Waals surface area contributed by atoms with Crippen molar-refractivity contribution < 1.29 is 28.5 Å². The Bertz CT molecular complexity index is 478. The summed E-state index contributed by atoms with van der Waals surface area (Å²) in [7, 11) is 0. The van der Waals surface area contributed by atoms with Gasteiger partial charge in [-0.25, -0.2) is 4.79 Å². The first kappa shape index (κ1) is 26.9. The topological polar surface area (TPSA) is 95.1 Å². The van der Waals surface area contributed by atoms with Crippen molar-refractivity contribution in [3.63, 3.8) is 0 Å². The maximum absolute atomic E-state index is 11.8. The molecule has 9 heteroatoms. The third-order valence-corrected chi connectivity index (χ3v) is 4.87. The van der Waals surface area contributed by atoms with E-state index in [0.717, 1.165) is 32.1 Å². The summed E-state index contributed by atoms with van der Waals surface area (Å²) in [6, 6.07) is 0. The number of carbonyl (C=O) groups is 2. The van der Waals surface area contributed by atoms with Crippen LogP contribution in [0.1, 0.15) is 44.9 Å². The van der Waals surface area contributed by atoms with Crippen LogP contribution in [0.25, 0.3) is 0 Å². The van der Waals surface area contributed by atoms with E-state index in [1.165, 1.54) is 12.8 Å². The van der Waals surface area contributed by atoms with Crippen LogP contribution < -0.4 is 10.6 Å². The molecule has 2 amide bonds. The van der Waals surface area contributed by atoms with Gasteiger partial charge in [-0.2, -0.15) is 0 Å². The molecule has 0 aromatic rings. The standard InChI is InChI=1S/C21H37BrN2O6/c22-18-20(25)23-10-6-12-27-14-16-29-17-15-28-13-7-11-24-21(26)30-19-8-4-2-1-3-5-9-19/h4,8,19H,1-3,5-7,9-18H2,(H,23,25)(H,24,26)/b8-4+. The Morgan fingerprint density at radius 2 is 1.50 bits per heavy atom. The third kappa shape index (κ3) is 16.6. The van der Waals surface area contributed by atoms with E-state index >= 15 is 0 Å². The van der Waals surface area contributed by atoms with Gasteiger partial charge >= 0.3 is 6.09 Å². The van der Waals surface area contributed by atoms with E-state index in [1.54, 1.807) is 0 Å². The molecule has 0 spiro atoms. The number of halogens is 1. The highest BCUT2D eigenvalue weighted by molar-refractivity contribution is 9.09. The number of alkyl carbamates (subject to hydrolysis) is 1. The van der Waals surface area contributed by atoms with Crippen LogP contribution in [-0.2, 0) is 23.7 Å². The van der Waals surface area contributed by atoms with Crippen molar-refractivity contribution in [3.8, 4) is 0 Å². The fourth-order valence-corrected chi connectivity index (χ4v) is 2.96. The average Bonchev–Trinajstić information content (AvgIpc) is 2.72. The quantitative estimate of drug-likeness (QED) is 0.195. The lowest BCUT2D eigenvalue weighted by Crippen LogP contribution is -2.29. The molecule has 1 unspecified atom stereocenters. The highest BCUT2D eigenvalue weighted by Gasteiger charge is 2.11. The molecule has 1 rings (SSSR count). The van der Waals surface area contributed by atoms with E-state index in [2.05, 4.69) is 32.6 Å². The molecule has 0 bridgehead atoms. The van der Waals surface area contributed by atoms with E-state index in [1.807, 2.05) is 6.08 Å². The van der Waals surface area contributed by atoms with Gasteiger partial charge in [0, 0.05) is 26.3 Å². The molecule has 0 aromatic carbocycles. The summed E-state index contributed by atoms with van der Waals surface area (Å²) in [6.07, 6.45) is 10.6. The molecule has 1 aliphatic carbocycles. The molecule has 1 aliphatic rings. The number of allylic oxidation sites excluding steroid dienone is 1. The minimum atomic E-state index is -0.362. The fraction of sp³-hybridized carbons (Fsp3) is 0.810. The van der Waals surface area contributed by atoms with Crippen molar-refractivity contribution in [3.05, 3.63) is 12.2 Å². The summed E-state index contributed by atoms with van der Waals surface area (Å²) in [5, 5.41) is 5.85. The van der Waals surface area contributed by atoms with Gasteiger partial charge in [0.2, 0.25) is 5.91 Å². The number of carbonyl (C=O) groups excluding carboxylic acids is 2. The first-order valence-electron chi connectivity index (χ1n) is 10.9. The Kier molecular flexibility index (Phi) is 17.7. The van der Waals surface area contributed by atoms with Crippen molar-refractivity contribution in [1.29, 1.82) is 0 Å². The SMILES string of the molecule is O=C(CBr)NCCCOCCOCCOCCCNC(=O)OC1/C=C/CCCCC1. The van der Waals surface area contributed by atoms with Crippen LogP contribution in [0.4, 0.5) is 4.79 Å². The molecule has 0 saturated carbocycles. The molecule has 0 fully saturated rings. The highest BCUT2D eigenvalue weighted by Crippen LogP contribution is 2.14. The molecule has 0 aliphatic heterocycles. The molecular weight excluding hydrogens is 456 g/mol. The number of rotatable bonds is 16. The summed E-state index contributed by atoms with van der Waals surface area (Å²) in [4.78, 5) is 22.8. The molecule has 30 heavy (non-hydrogen) atoms. The third-order valence-electron chi connectivity index (χ3n) is 4.36. The number of amides is 2. The lowest BCUT2D eigenvalue weighted by molar-refractivity contribution is -0.118. The summed E-state index contributed by atoms with van der Waals surface area (Å²) < 4.78 is 21.7. The van der Waals surface area contributed by atoms with Gasteiger partial charge in [-0.1, -0.05) is 28.4 Å². The Balaban J connectivity index is 1.80. The van der Waals surface area contributed by atoms with Crippen LogP contribution in [0.2, 0.25) is 0 Å². The number of alkyl halides is 1. The molecule has 0 radical (unpaired) electrons. The maximum atomic E-state index is 11.8. The number of hydrogen-bond acceptors (Lipinski definition) is 6. The second-order valence-corrected chi connectivity index (χ2v) is 7.53. The molecule has 0 saturated heterocycles. The minimum absolute atomic E-state index is 0.0170. The lowest BCUT2D eigenvalue weighted by atomic mass is 10.0. The molecule has 2 N–H and O–H groups in total. The van der Waals surface area contributed by atoms with Gasteiger partial charge in [0.25, 0.3) is 0 Å². The molecule has 8 nitrogen and oxygen atoms in total. The minimum Gasteiger partial charge on any atom is -0.442 e. The van der Waals surface area contributed by atoms with Crippen LogP contribution in [0.15, 0.2) is 12.2 Å². The maximum Gasteiger partial charge on any atom is 0.407 e. The van der Waals surface area contributed by atoms with Gasteiger partial charge in [0.05, 0.1) is 31.8 Å². The largest absolute Gasteiger partial charge is 0.442 e. The van der Waals surface area contributed by atoms with Gasteiger partial charge < -0.3 is 29.6 Å². The summed E-state index contributed by atoms with van der Waals surface area (Å²) in [5.41, 5.74) is 0. The number of nitrogens with one attached hydrogen (secondary N) is 2. The molecule has 174 valence electrons. The predicted octanol–water partition coefficient (Wildman–Crippen LogP) is 2.94. The smallest absolute Gasteiger partial charge is 0.407 e. The lowest BCUT2D eigenvalue weighted by Gasteiger charge is -2.16. The number of hydrogen-bond donors (Lipinski definition) is 2. The van der Waals surface area contributed by atoms with Crippen LogP contribution in [0.3, 0.4) is 0 Å². The average molecular weight is 493 g/mol. The Morgan fingerprint density at radius 1 is 0.867 bits per heavy atom. The van der Waals surface area contributed by atoms with Gasteiger partial charge in [0.15, 0.2) is 0 Å². The van der Waals surface area contributed by atoms with Crippen LogP contribution >= 0.6 is 15.9 Å². The highest BCUT2D eigenvalue weighted by atomic mass is 79.9. The van der Waals surface area contributed by atoms with Crippen molar-refractivity contribution in [2.75, 3.05) is 58.1 Å². The summed E-state index contributed by atoms with van der Waals surface area (Å²) in [6.45, 7) is 4.35. The Morgan fingerprint density at radius 3 is 2.17 bits per heavy atom. The van der Waals surface area contributed by atoms with Crippen LogP contribution in [0.5, 0.6) is 0 Å². The zero-order chi connectivity index (χ0) is 21.7. The van der Waals surface area contributed by atoms with Crippen molar-refractivity contribution >= 4 is 27.9 Å². The van der Waals surface area contributed by atoms with E-state index < -0.39 is 0 Å². The van der Waals surface area contributed by atoms with Crippen molar-refractivity contribution in [2.45, 2.75) is 51.0 Å². The van der Waals surface area contributed by atoms with E-state index in [-0.39, 0.29) is 18.1 Å². The molecule has 0 heterocycles. The van der Waals surface area contributed by atoms with Crippen LogP contribution in [0, 0.1) is 0 Å². The Hall–Kier alpha value is -1.16. The zero-order valence-electron chi connectivity index (χ0n) is 17.9. The van der Waals surface area contributed by atoms with E-state index in [0.29, 0.717) is 58.1 Å². The zero-order valence-corrected chi connectivity index (χ0v) is 19.5. The Labute approximate surface area is 188 Å². The summed E-state index contributed by atoms with van der Waals surface area (Å²) >= 11 is 3.09. The van der Waals surface area contributed by atoms with Crippen LogP contribution in [-0.4, -0.2) is 76.2 Å². The van der Waals surface area contributed by atoms with Gasteiger partial charge in [-0.15, -0.1) is 0 Å². The van der Waals surface area contributed by atoms with Gasteiger partial charge in [0.1, 0.15) is 6.10 Å². The molecular formula is C21H37BrN2O6. The van der Waals surface area contributed by atoms with Gasteiger partial charge in [-0.3, -0.25) is 4.79 Å². The van der Waals surface area contributed by atoms with Crippen molar-refractivity contribution in [2.24, 2.45) is 0 Å².